The van der Waals surface area contributed by atoms with Crippen molar-refractivity contribution in [3.63, 3.8) is 0 Å². The molecule has 2 bridgehead atoms. The predicted octanol–water partition coefficient (Wildman–Crippen LogP) is 2.72. The fourth-order valence-electron chi connectivity index (χ4n) is 4.31. The normalized spacial score (nSPS) is 44.9. The molecule has 3 atom stereocenters. The summed E-state index contributed by atoms with van der Waals surface area (Å²) in [5.41, 5.74) is -0.456. The van der Waals surface area contributed by atoms with Crippen LogP contribution in [0.15, 0.2) is 0 Å². The third-order valence-electron chi connectivity index (χ3n) is 6.23. The molecule has 5 fully saturated rings. The number of hydrogen-bond acceptors (Lipinski definition) is 4. The van der Waals surface area contributed by atoms with Crippen molar-refractivity contribution < 1.29 is 9.53 Å². The molecule has 2 aliphatic heterocycles. The Kier molecular flexibility index (Phi) is 2.47. The zero-order valence-electron chi connectivity index (χ0n) is 11.9. The summed E-state index contributed by atoms with van der Waals surface area (Å²) in [5, 5.41) is 0. The molecule has 0 aromatic heterocycles. The number of esters is 1. The molecule has 5 aliphatic rings. The van der Waals surface area contributed by atoms with Gasteiger partial charge in [-0.25, -0.2) is 0 Å². The van der Waals surface area contributed by atoms with E-state index in [1.54, 1.807) is 0 Å². The Bertz CT molecular complexity index is 435. The van der Waals surface area contributed by atoms with Crippen molar-refractivity contribution in [1.29, 1.82) is 0 Å². The van der Waals surface area contributed by atoms with E-state index in [0.717, 1.165) is 12.8 Å². The third kappa shape index (κ3) is 1.35. The minimum atomic E-state index is -1.11. The van der Waals surface area contributed by atoms with E-state index < -0.39 is 20.4 Å². The summed E-state index contributed by atoms with van der Waals surface area (Å²) >= 11 is -1.11. The number of fused-ring (bicyclic) bond motifs is 2. The van der Waals surface area contributed by atoms with Gasteiger partial charge in [0.25, 0.3) is 0 Å². The Morgan fingerprint density at radius 2 is 1.95 bits per heavy atom. The fourth-order valence-corrected chi connectivity index (χ4v) is 9.95. The van der Waals surface area contributed by atoms with Gasteiger partial charge in [-0.2, -0.15) is 0 Å². The van der Waals surface area contributed by atoms with E-state index >= 15 is 0 Å². The van der Waals surface area contributed by atoms with Crippen molar-refractivity contribution in [1.82, 2.24) is 7.06 Å². The Balaban J connectivity index is 1.55. The summed E-state index contributed by atoms with van der Waals surface area (Å²) in [5.74, 6) is 1.32. The van der Waals surface area contributed by atoms with Crippen molar-refractivity contribution in [2.75, 3.05) is 0 Å². The Morgan fingerprint density at radius 3 is 2.32 bits per heavy atom. The standard InChI is InChI=1S/C14H23IN2O2/c1-4-12(3,14-15(16-14)17-14)11(18)19-13(5-2)9-6-7-10(13)8-9/h9-10,16-17H,4-8H2,1-3H3. The van der Waals surface area contributed by atoms with Crippen LogP contribution in [0.1, 0.15) is 52.9 Å². The molecule has 0 aromatic rings. The number of nitrogens with one attached hydrogen (secondary N) is 2. The Morgan fingerprint density at radius 1 is 1.37 bits per heavy atom. The first-order valence-electron chi connectivity index (χ1n) is 7.51. The number of carbonyl (C=O) groups is 1. The molecule has 3 aliphatic carbocycles. The summed E-state index contributed by atoms with van der Waals surface area (Å²) in [7, 11) is 0. The summed E-state index contributed by atoms with van der Waals surface area (Å²) < 4.78 is 13.2. The quantitative estimate of drug-likeness (QED) is 0.193. The van der Waals surface area contributed by atoms with Gasteiger partial charge in [-0.15, -0.1) is 0 Å². The van der Waals surface area contributed by atoms with Crippen molar-refractivity contribution in [2.45, 2.75) is 62.1 Å². The average molecular weight is 378 g/mol. The monoisotopic (exact) mass is 378 g/mol. The maximum absolute atomic E-state index is 12.8. The van der Waals surface area contributed by atoms with Crippen LogP contribution in [0.4, 0.5) is 0 Å². The molecule has 4 nitrogen and oxygen atoms in total. The van der Waals surface area contributed by atoms with E-state index in [2.05, 4.69) is 27.8 Å². The van der Waals surface area contributed by atoms with Crippen molar-refractivity contribution in [2.24, 2.45) is 17.3 Å². The number of rotatable bonds is 5. The first kappa shape index (κ1) is 12.8. The molecule has 2 saturated heterocycles. The van der Waals surface area contributed by atoms with Crippen LogP contribution in [0.2, 0.25) is 0 Å². The molecular weight excluding hydrogens is 355 g/mol. The number of halogens is 1. The molecule has 19 heavy (non-hydrogen) atoms. The minimum absolute atomic E-state index is 0.0144. The Labute approximate surface area is 122 Å². The summed E-state index contributed by atoms with van der Waals surface area (Å²) in [4.78, 5) is 12.8. The molecule has 0 spiro atoms. The van der Waals surface area contributed by atoms with Crippen LogP contribution in [-0.2, 0) is 9.53 Å². The van der Waals surface area contributed by atoms with Crippen LogP contribution >= 0.6 is 20.4 Å². The Hall–Kier alpha value is 0.120. The number of ether oxygens (including phenoxy) is 1. The SMILES string of the molecule is CCC1(OC(=O)C(C)(CC)C23NI2N3)C2CCC1C2. The zero-order chi connectivity index (χ0) is 13.5. The van der Waals surface area contributed by atoms with Gasteiger partial charge in [-0.3, -0.25) is 0 Å². The van der Waals surface area contributed by atoms with Crippen molar-refractivity contribution >= 4 is 26.3 Å². The van der Waals surface area contributed by atoms with Gasteiger partial charge >= 0.3 is 122 Å². The van der Waals surface area contributed by atoms with E-state index in [4.69, 9.17) is 4.74 Å². The second-order valence-electron chi connectivity index (χ2n) is 6.72. The topological polar surface area (TPSA) is 70.2 Å². The maximum atomic E-state index is 12.8. The molecule has 0 amide bonds. The second kappa shape index (κ2) is 3.65. The number of hydrogen-bond donors (Lipinski definition) is 2. The number of alkyl halides is 1. The van der Waals surface area contributed by atoms with Crippen LogP contribution < -0.4 is 7.06 Å². The van der Waals surface area contributed by atoms with Gasteiger partial charge in [0, 0.05) is 0 Å². The molecule has 3 saturated carbocycles. The molecule has 0 aromatic carbocycles. The molecule has 5 rings (SSSR count). The van der Waals surface area contributed by atoms with Crippen LogP contribution in [0.5, 0.6) is 0 Å². The first-order valence-corrected chi connectivity index (χ1v) is 10.7. The van der Waals surface area contributed by atoms with Crippen molar-refractivity contribution in [3.8, 4) is 0 Å². The first-order chi connectivity index (χ1) is 9.02. The summed E-state index contributed by atoms with van der Waals surface area (Å²) in [6.45, 7) is 6.38. The number of carbonyl (C=O) groups excluding carboxylic acids is 1. The van der Waals surface area contributed by atoms with E-state index in [1.807, 2.05) is 0 Å². The van der Waals surface area contributed by atoms with Gasteiger partial charge in [0.1, 0.15) is 0 Å². The molecular formula is C14H23IN2O2. The van der Waals surface area contributed by atoms with Gasteiger partial charge in [0.2, 0.25) is 0 Å². The van der Waals surface area contributed by atoms with Gasteiger partial charge in [-0.1, -0.05) is 0 Å². The van der Waals surface area contributed by atoms with Gasteiger partial charge in [0.15, 0.2) is 0 Å². The molecule has 0 radical (unpaired) electrons. The van der Waals surface area contributed by atoms with E-state index in [0.29, 0.717) is 11.8 Å². The molecule has 108 valence electrons. The fraction of sp³-hybridized carbons (Fsp3) is 0.929. The second-order valence-corrected chi connectivity index (χ2v) is 11.0. The van der Waals surface area contributed by atoms with Crippen LogP contribution in [-0.4, -0.2) is 15.2 Å². The molecule has 3 unspecified atom stereocenters. The van der Waals surface area contributed by atoms with Crippen molar-refractivity contribution in [3.05, 3.63) is 0 Å². The van der Waals surface area contributed by atoms with E-state index in [9.17, 15) is 4.79 Å². The van der Waals surface area contributed by atoms with Crippen LogP contribution in [0, 0.1) is 17.3 Å². The van der Waals surface area contributed by atoms with Crippen LogP contribution in [0.25, 0.3) is 0 Å². The molecule has 2 heterocycles. The third-order valence-corrected chi connectivity index (χ3v) is 11.2. The molecule has 2 N–H and O–H groups in total. The summed E-state index contributed by atoms with van der Waals surface area (Å²) in [6, 6.07) is 0. The summed E-state index contributed by atoms with van der Waals surface area (Å²) in [6.07, 6.45) is 5.65. The zero-order valence-corrected chi connectivity index (χ0v) is 14.0. The van der Waals surface area contributed by atoms with E-state index in [-0.39, 0.29) is 20.7 Å². The average Bonchev–Trinajstić information content (AvgIpc) is 3.15. The van der Waals surface area contributed by atoms with Crippen LogP contribution in [0.3, 0.4) is 0 Å². The predicted molar refractivity (Wildman–Crippen MR) is 81.4 cm³/mol. The van der Waals surface area contributed by atoms with Gasteiger partial charge < -0.3 is 0 Å². The van der Waals surface area contributed by atoms with Gasteiger partial charge in [-0.05, 0) is 0 Å². The van der Waals surface area contributed by atoms with E-state index in [1.165, 1.54) is 19.3 Å². The van der Waals surface area contributed by atoms with Gasteiger partial charge in [0.05, 0.1) is 0 Å². The molecule has 5 heteroatoms.